The largest absolute Gasteiger partial charge is 0.456 e. The Morgan fingerprint density at radius 2 is 1.70 bits per heavy atom. The number of hydrogen-bond donors (Lipinski definition) is 2. The quantitative estimate of drug-likeness (QED) is 0.341. The van der Waals surface area contributed by atoms with Crippen molar-refractivity contribution < 1.29 is 23.9 Å². The van der Waals surface area contributed by atoms with Crippen LogP contribution in [0.15, 0.2) is 42.6 Å². The van der Waals surface area contributed by atoms with Crippen LogP contribution in [-0.2, 0) is 29.0 Å². The summed E-state index contributed by atoms with van der Waals surface area (Å²) in [6.07, 6.45) is 1.43. The fraction of sp³-hybridized carbons (Fsp3) is 0.387. The summed E-state index contributed by atoms with van der Waals surface area (Å²) >= 11 is 0. The number of rotatable bonds is 9. The Balaban J connectivity index is 2.07. The Bertz CT molecular complexity index is 1370. The molecule has 2 amide bonds. The number of nitrogens with zero attached hydrogens (tertiary/aromatic N) is 2. The number of esters is 1. The van der Waals surface area contributed by atoms with Crippen LogP contribution in [0.4, 0.5) is 4.79 Å². The Kier molecular flexibility index (Phi) is 9.63. The lowest BCUT2D eigenvalue weighted by atomic mass is 9.89. The Morgan fingerprint density at radius 3 is 2.25 bits per heavy atom. The van der Waals surface area contributed by atoms with Crippen LogP contribution in [0.25, 0.3) is 11.1 Å². The molecule has 0 aliphatic rings. The number of pyridine rings is 2. The van der Waals surface area contributed by atoms with Gasteiger partial charge in [0.05, 0.1) is 22.5 Å². The number of carbonyl (C=O) groups excluding carboxylic acids is 3. The second kappa shape index (κ2) is 12.7. The van der Waals surface area contributed by atoms with Crippen LogP contribution in [-0.4, -0.2) is 33.5 Å². The van der Waals surface area contributed by atoms with E-state index in [4.69, 9.17) is 20.2 Å². The molecule has 0 saturated carbocycles. The zero-order valence-corrected chi connectivity index (χ0v) is 24.3. The van der Waals surface area contributed by atoms with Crippen LogP contribution in [0, 0.1) is 19.8 Å². The molecule has 3 N–H and O–H groups in total. The van der Waals surface area contributed by atoms with Crippen LogP contribution in [0.5, 0.6) is 0 Å². The van der Waals surface area contributed by atoms with E-state index >= 15 is 0 Å². The van der Waals surface area contributed by atoms with Gasteiger partial charge >= 0.3 is 12.1 Å². The summed E-state index contributed by atoms with van der Waals surface area (Å²) in [5.74, 6) is -0.879. The van der Waals surface area contributed by atoms with E-state index in [0.29, 0.717) is 28.9 Å². The molecule has 0 radical (unpaired) electrons. The van der Waals surface area contributed by atoms with Gasteiger partial charge in [0.1, 0.15) is 12.2 Å². The Morgan fingerprint density at radius 1 is 1.02 bits per heavy atom. The van der Waals surface area contributed by atoms with Gasteiger partial charge in [-0.15, -0.1) is 0 Å². The molecule has 212 valence electrons. The molecule has 40 heavy (non-hydrogen) atoms. The number of ether oxygens (including phenoxy) is 2. The summed E-state index contributed by atoms with van der Waals surface area (Å²) in [5.41, 5.74) is 10.2. The van der Waals surface area contributed by atoms with Crippen molar-refractivity contribution in [1.29, 1.82) is 0 Å². The van der Waals surface area contributed by atoms with E-state index < -0.39 is 23.6 Å². The van der Waals surface area contributed by atoms with E-state index in [1.165, 1.54) is 12.3 Å². The van der Waals surface area contributed by atoms with E-state index in [0.717, 1.165) is 22.4 Å². The number of nitrogens with one attached hydrogen (secondary N) is 1. The van der Waals surface area contributed by atoms with E-state index in [1.54, 1.807) is 33.8 Å². The van der Waals surface area contributed by atoms with Gasteiger partial charge in [-0.05, 0) is 64.7 Å². The van der Waals surface area contributed by atoms with Crippen molar-refractivity contribution in [3.05, 3.63) is 81.9 Å². The molecule has 0 fully saturated rings. The van der Waals surface area contributed by atoms with E-state index in [1.807, 2.05) is 31.2 Å². The topological polar surface area (TPSA) is 134 Å². The first-order valence-corrected chi connectivity index (χ1v) is 13.2. The van der Waals surface area contributed by atoms with Crippen molar-refractivity contribution in [2.75, 3.05) is 0 Å². The maximum Gasteiger partial charge on any atom is 0.407 e. The molecule has 9 heteroatoms. The molecule has 2 aromatic heterocycles. The summed E-state index contributed by atoms with van der Waals surface area (Å²) in [7, 11) is 0. The number of alkyl carbamates (subject to hydrolysis) is 1. The highest BCUT2D eigenvalue weighted by molar-refractivity contribution is 5.99. The number of hydrogen-bond acceptors (Lipinski definition) is 7. The number of benzene rings is 1. The van der Waals surface area contributed by atoms with E-state index in [-0.39, 0.29) is 24.6 Å². The normalized spacial score (nSPS) is 11.3. The first kappa shape index (κ1) is 30.3. The SMILES string of the molecule is Cc1ccc(-c2c(CNC(=O)OC(C)(C)C)c(CC(C)C)nc(C)c2C(=O)OCc2ccc(C(N)=O)cn2)cc1. The third kappa shape index (κ3) is 8.11. The lowest BCUT2D eigenvalue weighted by molar-refractivity contribution is 0.0466. The molecule has 0 atom stereocenters. The monoisotopic (exact) mass is 546 g/mol. The van der Waals surface area contributed by atoms with Gasteiger partial charge in [-0.3, -0.25) is 14.8 Å². The molecular weight excluding hydrogens is 508 g/mol. The molecule has 3 aromatic rings. The number of nitrogens with two attached hydrogens (primary N) is 1. The van der Waals surface area contributed by atoms with Gasteiger partial charge < -0.3 is 20.5 Å². The van der Waals surface area contributed by atoms with Crippen molar-refractivity contribution in [2.45, 2.75) is 73.6 Å². The van der Waals surface area contributed by atoms with Crippen molar-refractivity contribution in [3.8, 4) is 11.1 Å². The van der Waals surface area contributed by atoms with Gasteiger partial charge in [0.2, 0.25) is 5.91 Å². The van der Waals surface area contributed by atoms with Gasteiger partial charge in [0, 0.05) is 29.6 Å². The number of primary amides is 1. The molecule has 9 nitrogen and oxygen atoms in total. The molecular formula is C31H38N4O5. The van der Waals surface area contributed by atoms with Gasteiger partial charge in [-0.1, -0.05) is 43.7 Å². The van der Waals surface area contributed by atoms with Crippen LogP contribution < -0.4 is 11.1 Å². The third-order valence-electron chi connectivity index (χ3n) is 5.98. The molecule has 2 heterocycles. The highest BCUT2D eigenvalue weighted by atomic mass is 16.6. The number of aromatic nitrogens is 2. The summed E-state index contributed by atoms with van der Waals surface area (Å²) in [5, 5.41) is 2.85. The molecule has 0 bridgehead atoms. The lowest BCUT2D eigenvalue weighted by Gasteiger charge is -2.23. The molecule has 0 aliphatic carbocycles. The zero-order chi connectivity index (χ0) is 29.6. The van der Waals surface area contributed by atoms with Crippen LogP contribution in [0.2, 0.25) is 0 Å². The summed E-state index contributed by atoms with van der Waals surface area (Å²) < 4.78 is 11.1. The minimum Gasteiger partial charge on any atom is -0.456 e. The summed E-state index contributed by atoms with van der Waals surface area (Å²) in [6, 6.07) is 10.9. The fourth-order valence-corrected chi connectivity index (χ4v) is 4.18. The highest BCUT2D eigenvalue weighted by Gasteiger charge is 2.26. The van der Waals surface area contributed by atoms with Crippen LogP contribution in [0.3, 0.4) is 0 Å². The maximum atomic E-state index is 13.6. The standard InChI is InChI=1S/C31H38N4O5/c1-18(2)14-25-24(16-34-30(38)40-31(5,6)7)27(21-10-8-19(3)9-11-21)26(20(4)35-25)29(37)39-17-23-13-12-22(15-33-23)28(32)36/h8-13,15,18H,14,16-17H2,1-7H3,(H2,32,36)(H,34,38). The van der Waals surface area contributed by atoms with Crippen molar-refractivity contribution in [2.24, 2.45) is 11.7 Å². The smallest absolute Gasteiger partial charge is 0.407 e. The molecule has 0 saturated heterocycles. The van der Waals surface area contributed by atoms with Crippen molar-refractivity contribution in [1.82, 2.24) is 15.3 Å². The average Bonchev–Trinajstić information content (AvgIpc) is 2.85. The van der Waals surface area contributed by atoms with Gasteiger partial charge in [-0.2, -0.15) is 0 Å². The van der Waals surface area contributed by atoms with E-state index in [9.17, 15) is 14.4 Å². The Labute approximate surface area is 235 Å². The van der Waals surface area contributed by atoms with Gasteiger partial charge in [0.15, 0.2) is 0 Å². The molecule has 0 spiro atoms. The second-order valence-corrected chi connectivity index (χ2v) is 11.2. The Hall–Kier alpha value is -4.27. The molecule has 3 rings (SSSR count). The van der Waals surface area contributed by atoms with Crippen LogP contribution in [0.1, 0.15) is 83.5 Å². The maximum absolute atomic E-state index is 13.6. The first-order valence-electron chi connectivity index (χ1n) is 13.2. The second-order valence-electron chi connectivity index (χ2n) is 11.2. The minimum absolute atomic E-state index is 0.107. The lowest BCUT2D eigenvalue weighted by Crippen LogP contribution is -2.32. The van der Waals surface area contributed by atoms with Crippen molar-refractivity contribution in [3.63, 3.8) is 0 Å². The van der Waals surface area contributed by atoms with Gasteiger partial charge in [-0.25, -0.2) is 9.59 Å². The molecule has 1 aromatic carbocycles. The molecule has 0 unspecified atom stereocenters. The zero-order valence-electron chi connectivity index (χ0n) is 24.3. The van der Waals surface area contributed by atoms with Crippen molar-refractivity contribution >= 4 is 18.0 Å². The summed E-state index contributed by atoms with van der Waals surface area (Å²) in [4.78, 5) is 46.5. The number of aryl methyl sites for hydroxylation is 2. The first-order chi connectivity index (χ1) is 18.7. The van der Waals surface area contributed by atoms with E-state index in [2.05, 4.69) is 24.1 Å². The predicted molar refractivity (Wildman–Crippen MR) is 153 cm³/mol. The summed E-state index contributed by atoms with van der Waals surface area (Å²) in [6.45, 7) is 13.4. The number of carbonyl (C=O) groups is 3. The number of amides is 2. The minimum atomic E-state index is -0.658. The van der Waals surface area contributed by atoms with Crippen LogP contribution >= 0.6 is 0 Å². The third-order valence-corrected chi connectivity index (χ3v) is 5.98. The highest BCUT2D eigenvalue weighted by Crippen LogP contribution is 2.33. The average molecular weight is 547 g/mol. The predicted octanol–water partition coefficient (Wildman–Crippen LogP) is 5.44. The fourth-order valence-electron chi connectivity index (χ4n) is 4.18. The molecule has 0 aliphatic heterocycles. The van der Waals surface area contributed by atoms with Gasteiger partial charge in [0.25, 0.3) is 0 Å².